The first-order chi connectivity index (χ1) is 8.06. The minimum atomic E-state index is -0.811. The Labute approximate surface area is 96.3 Å². The van der Waals surface area contributed by atoms with Gasteiger partial charge in [0.25, 0.3) is 0 Å². The molecule has 0 radical (unpaired) electrons. The van der Waals surface area contributed by atoms with E-state index in [2.05, 4.69) is 16.2 Å². The predicted octanol–water partition coefficient (Wildman–Crippen LogP) is 0.0546. The summed E-state index contributed by atoms with van der Waals surface area (Å²) in [7, 11) is 0. The molecule has 1 amide bonds. The third-order valence-corrected chi connectivity index (χ3v) is 2.44. The monoisotopic (exact) mass is 242 g/mol. The summed E-state index contributed by atoms with van der Waals surface area (Å²) < 4.78 is 25.9. The molecule has 1 aromatic carbocycles. The van der Waals surface area contributed by atoms with E-state index >= 15 is 0 Å². The van der Waals surface area contributed by atoms with Crippen molar-refractivity contribution < 1.29 is 13.6 Å². The normalized spacial score (nSPS) is 23.7. The van der Waals surface area contributed by atoms with E-state index in [1.54, 1.807) is 0 Å². The number of hydrazine groups is 1. The van der Waals surface area contributed by atoms with Crippen LogP contribution in [-0.4, -0.2) is 18.1 Å². The summed E-state index contributed by atoms with van der Waals surface area (Å²) in [6, 6.07) is 2.42. The molecule has 2 atom stereocenters. The number of nitrogens with two attached hydrogens (primary N) is 1. The lowest BCUT2D eigenvalue weighted by atomic mass is 10.2. The van der Waals surface area contributed by atoms with Crippen LogP contribution in [0, 0.1) is 11.6 Å². The Morgan fingerprint density at radius 1 is 1.41 bits per heavy atom. The molecule has 0 aromatic heterocycles. The molecule has 5 nitrogen and oxygen atoms in total. The van der Waals surface area contributed by atoms with E-state index in [-0.39, 0.29) is 11.9 Å². The Morgan fingerprint density at radius 2 is 2.18 bits per heavy atom. The fourth-order valence-electron chi connectivity index (χ4n) is 1.56. The summed E-state index contributed by atoms with van der Waals surface area (Å²) in [5, 5.41) is 2.36. The van der Waals surface area contributed by atoms with Crippen LogP contribution in [0.3, 0.4) is 0 Å². The van der Waals surface area contributed by atoms with Crippen LogP contribution in [0.25, 0.3) is 0 Å². The Morgan fingerprint density at radius 3 is 2.76 bits per heavy atom. The van der Waals surface area contributed by atoms with Gasteiger partial charge >= 0.3 is 0 Å². The van der Waals surface area contributed by atoms with Gasteiger partial charge in [0.2, 0.25) is 5.91 Å². The first kappa shape index (κ1) is 11.9. The molecular formula is C10H12F2N4O. The second kappa shape index (κ2) is 4.74. The first-order valence-corrected chi connectivity index (χ1v) is 5.09. The van der Waals surface area contributed by atoms with E-state index in [0.29, 0.717) is 12.5 Å². The van der Waals surface area contributed by atoms with Crippen LogP contribution >= 0.6 is 0 Å². The van der Waals surface area contributed by atoms with Gasteiger partial charge in [0, 0.05) is 12.5 Å². The molecule has 0 bridgehead atoms. The van der Waals surface area contributed by atoms with Gasteiger partial charge in [-0.2, -0.15) is 0 Å². The van der Waals surface area contributed by atoms with Crippen molar-refractivity contribution >= 4 is 11.6 Å². The molecule has 0 spiro atoms. The summed E-state index contributed by atoms with van der Waals surface area (Å²) in [6.45, 7) is 0. The molecule has 1 fully saturated rings. The molecule has 17 heavy (non-hydrogen) atoms. The number of halogens is 2. The van der Waals surface area contributed by atoms with Gasteiger partial charge in [-0.05, 0) is 12.1 Å². The van der Waals surface area contributed by atoms with Gasteiger partial charge in [-0.3, -0.25) is 4.79 Å². The third kappa shape index (κ3) is 2.76. The van der Waals surface area contributed by atoms with E-state index in [0.717, 1.165) is 6.07 Å². The number of benzene rings is 1. The summed E-state index contributed by atoms with van der Waals surface area (Å²) in [5.41, 5.74) is 10.8. The molecule has 1 aliphatic heterocycles. The molecule has 0 aliphatic carbocycles. The first-order valence-electron chi connectivity index (χ1n) is 5.09. The number of rotatable bonds is 2. The fraction of sp³-hybridized carbons (Fsp3) is 0.300. The maximum Gasteiger partial charge on any atom is 0.243 e. The molecule has 7 heteroatoms. The summed E-state index contributed by atoms with van der Waals surface area (Å²) >= 11 is 0. The minimum Gasteiger partial charge on any atom is -0.322 e. The second-order valence-electron chi connectivity index (χ2n) is 3.80. The number of anilines is 1. The smallest absolute Gasteiger partial charge is 0.243 e. The van der Waals surface area contributed by atoms with Crippen LogP contribution in [0.15, 0.2) is 18.2 Å². The van der Waals surface area contributed by atoms with Gasteiger partial charge in [0.05, 0.1) is 11.9 Å². The molecule has 1 heterocycles. The predicted molar refractivity (Wildman–Crippen MR) is 57.6 cm³/mol. The van der Waals surface area contributed by atoms with Crippen LogP contribution in [0.4, 0.5) is 14.5 Å². The zero-order valence-corrected chi connectivity index (χ0v) is 8.84. The Kier molecular flexibility index (Phi) is 3.32. The SMILES string of the molecule is NC1CC(C(=O)Nc2ccc(F)cc2F)NN1. The van der Waals surface area contributed by atoms with Crippen molar-refractivity contribution in [3.63, 3.8) is 0 Å². The fourth-order valence-corrected chi connectivity index (χ4v) is 1.56. The Bertz CT molecular complexity index is 440. The molecule has 1 aliphatic rings. The van der Waals surface area contributed by atoms with Crippen molar-refractivity contribution in [3.05, 3.63) is 29.8 Å². The van der Waals surface area contributed by atoms with Gasteiger partial charge in [0.15, 0.2) is 0 Å². The van der Waals surface area contributed by atoms with E-state index in [4.69, 9.17) is 5.73 Å². The zero-order valence-electron chi connectivity index (χ0n) is 8.84. The topological polar surface area (TPSA) is 79.2 Å². The Hall–Kier alpha value is -1.57. The number of carbonyl (C=O) groups excluding carboxylic acids is 1. The molecule has 2 rings (SSSR count). The van der Waals surface area contributed by atoms with Crippen molar-refractivity contribution in [1.29, 1.82) is 0 Å². The summed E-state index contributed by atoms with van der Waals surface area (Å²) in [6.07, 6.45) is 0.0816. The van der Waals surface area contributed by atoms with Gasteiger partial charge in [-0.15, -0.1) is 0 Å². The zero-order chi connectivity index (χ0) is 12.4. The highest BCUT2D eigenvalue weighted by atomic mass is 19.1. The lowest BCUT2D eigenvalue weighted by molar-refractivity contribution is -0.117. The highest BCUT2D eigenvalue weighted by Gasteiger charge is 2.27. The van der Waals surface area contributed by atoms with Gasteiger partial charge in [-0.1, -0.05) is 0 Å². The molecule has 1 saturated heterocycles. The maximum atomic E-state index is 13.3. The third-order valence-electron chi connectivity index (χ3n) is 2.44. The van der Waals surface area contributed by atoms with Crippen molar-refractivity contribution in [2.24, 2.45) is 5.73 Å². The van der Waals surface area contributed by atoms with Crippen LogP contribution in [-0.2, 0) is 4.79 Å². The minimum absolute atomic E-state index is 0.0568. The van der Waals surface area contributed by atoms with Gasteiger partial charge in [-0.25, -0.2) is 19.6 Å². The average Bonchev–Trinajstić information content (AvgIpc) is 2.69. The molecular weight excluding hydrogens is 230 g/mol. The van der Waals surface area contributed by atoms with Crippen molar-refractivity contribution in [1.82, 2.24) is 10.9 Å². The van der Waals surface area contributed by atoms with E-state index < -0.39 is 23.6 Å². The van der Waals surface area contributed by atoms with E-state index in [9.17, 15) is 13.6 Å². The lowest BCUT2D eigenvalue weighted by Crippen LogP contribution is -2.41. The van der Waals surface area contributed by atoms with Crippen LogP contribution < -0.4 is 21.9 Å². The number of nitrogens with one attached hydrogen (secondary N) is 3. The molecule has 1 aromatic rings. The lowest BCUT2D eigenvalue weighted by Gasteiger charge is -2.10. The highest BCUT2D eigenvalue weighted by molar-refractivity contribution is 5.95. The molecule has 0 saturated carbocycles. The van der Waals surface area contributed by atoms with Crippen LogP contribution in [0.1, 0.15) is 6.42 Å². The van der Waals surface area contributed by atoms with Crippen molar-refractivity contribution in [2.45, 2.75) is 18.6 Å². The van der Waals surface area contributed by atoms with Crippen LogP contribution in [0.5, 0.6) is 0 Å². The standard InChI is InChI=1S/C10H12F2N4O/c11-5-1-2-7(6(12)3-5)14-10(17)8-4-9(13)16-15-8/h1-3,8-9,15-16H,4,13H2,(H,14,17). The van der Waals surface area contributed by atoms with Crippen LogP contribution in [0.2, 0.25) is 0 Å². The molecule has 5 N–H and O–H groups in total. The average molecular weight is 242 g/mol. The number of carbonyl (C=O) groups is 1. The highest BCUT2D eigenvalue weighted by Crippen LogP contribution is 2.15. The maximum absolute atomic E-state index is 13.3. The molecule has 92 valence electrons. The Balaban J connectivity index is 2.03. The molecule has 2 unspecified atom stereocenters. The van der Waals surface area contributed by atoms with E-state index in [1.807, 2.05) is 0 Å². The van der Waals surface area contributed by atoms with Crippen molar-refractivity contribution in [2.75, 3.05) is 5.32 Å². The summed E-state index contributed by atoms with van der Waals surface area (Å²) in [4.78, 5) is 11.7. The van der Waals surface area contributed by atoms with Gasteiger partial charge < -0.3 is 11.1 Å². The second-order valence-corrected chi connectivity index (χ2v) is 3.80. The largest absolute Gasteiger partial charge is 0.322 e. The number of hydrogen-bond donors (Lipinski definition) is 4. The number of amides is 1. The van der Waals surface area contributed by atoms with Gasteiger partial charge in [0.1, 0.15) is 17.7 Å². The van der Waals surface area contributed by atoms with E-state index in [1.165, 1.54) is 6.07 Å². The quantitative estimate of drug-likeness (QED) is 0.591. The number of hydrogen-bond acceptors (Lipinski definition) is 4. The van der Waals surface area contributed by atoms with Crippen molar-refractivity contribution in [3.8, 4) is 0 Å². The summed E-state index contributed by atoms with van der Waals surface area (Å²) in [5.74, 6) is -1.92.